The average molecular weight is 483 g/mol. The number of nitro groups is 1. The van der Waals surface area contributed by atoms with Gasteiger partial charge in [0.15, 0.2) is 0 Å². The molecule has 0 bridgehead atoms. The third-order valence-electron chi connectivity index (χ3n) is 3.61. The Morgan fingerprint density at radius 1 is 0.741 bits per heavy atom. The molecule has 0 saturated carbocycles. The maximum Gasteiger partial charge on any atom is 0.295 e. The molecule has 27 heavy (non-hydrogen) atoms. The lowest BCUT2D eigenvalue weighted by molar-refractivity contribution is -0.384. The van der Waals surface area contributed by atoms with Crippen molar-refractivity contribution >= 4 is 75.3 Å². The second-order valence-corrected chi connectivity index (χ2v) is 7.71. The molecular weight excluding hydrogens is 477 g/mol. The van der Waals surface area contributed by atoms with Crippen molar-refractivity contribution in [2.45, 2.75) is 0 Å². The Bertz CT molecular complexity index is 1040. The Balaban J connectivity index is 2.25. The second-order valence-electron chi connectivity index (χ2n) is 5.33. The van der Waals surface area contributed by atoms with Gasteiger partial charge in [-0.15, -0.1) is 0 Å². The molecule has 3 rings (SSSR count). The first-order valence-corrected chi connectivity index (χ1v) is 9.41. The summed E-state index contributed by atoms with van der Waals surface area (Å²) in [6, 6.07) is 8.85. The highest BCUT2D eigenvalue weighted by Crippen LogP contribution is 2.39. The van der Waals surface area contributed by atoms with E-state index in [1.54, 1.807) is 12.1 Å². The number of halogens is 6. The SMILES string of the molecule is O=[N+]([O-])c1ccc(-c2cc(Cl)c(Cl)c(Cl)c2)nc1-c1cc(Cl)c(Cl)c(Cl)c1. The number of pyridine rings is 1. The van der Waals surface area contributed by atoms with Crippen molar-refractivity contribution < 1.29 is 4.92 Å². The van der Waals surface area contributed by atoms with Crippen molar-refractivity contribution in [1.29, 1.82) is 0 Å². The van der Waals surface area contributed by atoms with Gasteiger partial charge in [0.2, 0.25) is 0 Å². The molecule has 0 amide bonds. The molecule has 0 radical (unpaired) electrons. The van der Waals surface area contributed by atoms with Gasteiger partial charge >= 0.3 is 0 Å². The Morgan fingerprint density at radius 3 is 1.63 bits per heavy atom. The minimum Gasteiger partial charge on any atom is -0.258 e. The van der Waals surface area contributed by atoms with E-state index in [0.717, 1.165) is 0 Å². The lowest BCUT2D eigenvalue weighted by Gasteiger charge is -2.09. The first-order chi connectivity index (χ1) is 12.7. The van der Waals surface area contributed by atoms with Crippen molar-refractivity contribution in [3.05, 3.63) is 76.6 Å². The van der Waals surface area contributed by atoms with E-state index >= 15 is 0 Å². The highest BCUT2D eigenvalue weighted by atomic mass is 35.5. The molecule has 0 fully saturated rings. The number of aromatic nitrogens is 1. The number of hydrogen-bond acceptors (Lipinski definition) is 3. The van der Waals surface area contributed by atoms with Crippen molar-refractivity contribution in [2.24, 2.45) is 0 Å². The second kappa shape index (κ2) is 8.00. The van der Waals surface area contributed by atoms with E-state index in [2.05, 4.69) is 4.98 Å². The molecule has 138 valence electrons. The third kappa shape index (κ3) is 4.11. The first kappa shape index (κ1) is 20.5. The number of rotatable bonds is 3. The topological polar surface area (TPSA) is 56.0 Å². The van der Waals surface area contributed by atoms with Crippen molar-refractivity contribution in [1.82, 2.24) is 4.98 Å². The van der Waals surface area contributed by atoms with E-state index < -0.39 is 4.92 Å². The normalized spacial score (nSPS) is 10.9. The monoisotopic (exact) mass is 480 g/mol. The number of hydrogen-bond donors (Lipinski definition) is 0. The van der Waals surface area contributed by atoms with Gasteiger partial charge in [-0.2, -0.15) is 0 Å². The fourth-order valence-corrected chi connectivity index (χ4v) is 3.56. The molecule has 10 heteroatoms. The minimum absolute atomic E-state index is 0.0696. The van der Waals surface area contributed by atoms with Crippen LogP contribution in [0.5, 0.6) is 0 Å². The van der Waals surface area contributed by atoms with Gasteiger partial charge in [0.05, 0.1) is 40.8 Å². The molecule has 1 heterocycles. The van der Waals surface area contributed by atoms with Crippen LogP contribution in [0.15, 0.2) is 36.4 Å². The molecule has 0 unspecified atom stereocenters. The molecule has 2 aromatic carbocycles. The molecule has 0 aliphatic carbocycles. The fourth-order valence-electron chi connectivity index (χ4n) is 2.37. The summed E-state index contributed by atoms with van der Waals surface area (Å²) in [5, 5.41) is 12.6. The van der Waals surface area contributed by atoms with Crippen LogP contribution in [-0.4, -0.2) is 9.91 Å². The molecule has 0 saturated heterocycles. The van der Waals surface area contributed by atoms with Crippen LogP contribution in [0.2, 0.25) is 30.1 Å². The predicted octanol–water partition coefficient (Wildman–Crippen LogP) is 8.24. The van der Waals surface area contributed by atoms with Crippen molar-refractivity contribution in [3.8, 4) is 22.5 Å². The van der Waals surface area contributed by atoms with E-state index in [0.29, 0.717) is 16.8 Å². The Hall–Kier alpha value is -1.27. The first-order valence-electron chi connectivity index (χ1n) is 7.14. The highest BCUT2D eigenvalue weighted by molar-refractivity contribution is 6.49. The summed E-state index contributed by atoms with van der Waals surface area (Å²) in [6.07, 6.45) is 0. The standard InChI is InChI=1S/C17H6Cl6N2O2/c18-9-3-7(4-10(19)15(9)22)13-1-2-14(25(26)27)17(24-13)8-5-11(20)16(23)12(21)6-8/h1-6H. The van der Waals surface area contributed by atoms with Gasteiger partial charge in [-0.25, -0.2) is 4.98 Å². The van der Waals surface area contributed by atoms with Crippen LogP contribution < -0.4 is 0 Å². The van der Waals surface area contributed by atoms with Crippen LogP contribution in [-0.2, 0) is 0 Å². The molecule has 3 aromatic rings. The summed E-state index contributed by atoms with van der Waals surface area (Å²) in [5.41, 5.74) is 1.13. The molecule has 0 N–H and O–H groups in total. The van der Waals surface area contributed by atoms with Gasteiger partial charge in [0.25, 0.3) is 5.69 Å². The molecule has 0 atom stereocenters. The zero-order valence-electron chi connectivity index (χ0n) is 12.9. The van der Waals surface area contributed by atoms with Gasteiger partial charge in [-0.3, -0.25) is 10.1 Å². The van der Waals surface area contributed by atoms with Gasteiger partial charge in [0, 0.05) is 17.2 Å². The van der Waals surface area contributed by atoms with Crippen LogP contribution in [0.1, 0.15) is 0 Å². The van der Waals surface area contributed by atoms with Gasteiger partial charge in [-0.1, -0.05) is 69.6 Å². The summed E-state index contributed by atoms with van der Waals surface area (Å²) >= 11 is 36.2. The lowest BCUT2D eigenvalue weighted by atomic mass is 10.1. The van der Waals surface area contributed by atoms with E-state index in [1.165, 1.54) is 24.3 Å². The van der Waals surface area contributed by atoms with Crippen LogP contribution in [0.25, 0.3) is 22.5 Å². The number of benzene rings is 2. The summed E-state index contributed by atoms with van der Waals surface area (Å²) in [6.45, 7) is 0. The summed E-state index contributed by atoms with van der Waals surface area (Å²) in [4.78, 5) is 15.3. The highest BCUT2D eigenvalue weighted by Gasteiger charge is 2.21. The number of nitrogens with zero attached hydrogens (tertiary/aromatic N) is 2. The maximum absolute atomic E-state index is 11.4. The Kier molecular flexibility index (Phi) is 6.06. The van der Waals surface area contributed by atoms with E-state index in [4.69, 9.17) is 69.6 Å². The van der Waals surface area contributed by atoms with Crippen LogP contribution in [0, 0.1) is 10.1 Å². The maximum atomic E-state index is 11.4. The minimum atomic E-state index is -0.551. The Morgan fingerprint density at radius 2 is 1.19 bits per heavy atom. The molecule has 0 spiro atoms. The largest absolute Gasteiger partial charge is 0.295 e. The van der Waals surface area contributed by atoms with Crippen LogP contribution >= 0.6 is 69.6 Å². The van der Waals surface area contributed by atoms with Crippen molar-refractivity contribution in [3.63, 3.8) is 0 Å². The fraction of sp³-hybridized carbons (Fsp3) is 0. The quantitative estimate of drug-likeness (QED) is 0.214. The zero-order valence-corrected chi connectivity index (χ0v) is 17.5. The molecule has 4 nitrogen and oxygen atoms in total. The molecule has 0 aliphatic heterocycles. The van der Waals surface area contributed by atoms with Crippen molar-refractivity contribution in [2.75, 3.05) is 0 Å². The van der Waals surface area contributed by atoms with Crippen LogP contribution in [0.3, 0.4) is 0 Å². The van der Waals surface area contributed by atoms with Crippen LogP contribution in [0.4, 0.5) is 5.69 Å². The zero-order chi connectivity index (χ0) is 19.9. The molecule has 0 aliphatic rings. The smallest absolute Gasteiger partial charge is 0.258 e. The van der Waals surface area contributed by atoms with E-state index in [1.807, 2.05) is 0 Å². The van der Waals surface area contributed by atoms with E-state index in [-0.39, 0.29) is 41.5 Å². The average Bonchev–Trinajstić information content (AvgIpc) is 2.62. The molecule has 1 aromatic heterocycles. The summed E-state index contributed by atoms with van der Waals surface area (Å²) in [5.74, 6) is 0. The van der Waals surface area contributed by atoms with Gasteiger partial charge in [-0.05, 0) is 30.3 Å². The van der Waals surface area contributed by atoms with Gasteiger partial charge in [0.1, 0.15) is 5.69 Å². The Labute approximate surface area is 183 Å². The van der Waals surface area contributed by atoms with E-state index in [9.17, 15) is 10.1 Å². The third-order valence-corrected chi connectivity index (χ3v) is 6.00. The van der Waals surface area contributed by atoms with Gasteiger partial charge < -0.3 is 0 Å². The predicted molar refractivity (Wildman–Crippen MR) is 112 cm³/mol. The lowest BCUT2D eigenvalue weighted by Crippen LogP contribution is -1.97. The summed E-state index contributed by atoms with van der Waals surface area (Å²) < 4.78 is 0. The molecular formula is C17H6Cl6N2O2. The summed E-state index contributed by atoms with van der Waals surface area (Å²) in [7, 11) is 0.